The summed E-state index contributed by atoms with van der Waals surface area (Å²) in [6.07, 6.45) is -6.75. The van der Waals surface area contributed by atoms with Crippen molar-refractivity contribution in [3.8, 4) is 5.75 Å². The summed E-state index contributed by atoms with van der Waals surface area (Å²) in [7, 11) is -4.21. The number of alkyl halides is 2. The fraction of sp³-hybridized carbons (Fsp3) is 0.520. The van der Waals surface area contributed by atoms with Crippen LogP contribution in [0.15, 0.2) is 41.5 Å². The van der Waals surface area contributed by atoms with Crippen LogP contribution in [-0.2, 0) is 23.4 Å². The maximum absolute atomic E-state index is 16.1. The van der Waals surface area contributed by atoms with E-state index in [9.17, 15) is 23.7 Å². The van der Waals surface area contributed by atoms with E-state index in [1.807, 2.05) is 0 Å². The standard InChI is InChI=1S/C25H32F2N5O8P/c1-13(2)37-22(35)14(3)10-41(36,40-16-8-6-5-7-9-16)39-15(4)18-19(33)25(27,11-26)23(38-18)32-12-29-17-20(32)30-24(28)31-21(17)34/h5-9,12-15,18-19,23,33H,10-11H2,1-4H3,(H3,28,30,31,34)/t14-,15-,18-,19+,23-,25?,41-/m1/s1. The van der Waals surface area contributed by atoms with Gasteiger partial charge < -0.3 is 24.8 Å². The minimum absolute atomic E-state index is 0.167. The largest absolute Gasteiger partial charge is 0.463 e. The first-order valence-electron chi connectivity index (χ1n) is 12.8. The molecule has 1 unspecified atom stereocenters. The highest BCUT2D eigenvalue weighted by atomic mass is 31.2. The van der Waals surface area contributed by atoms with Crippen LogP contribution in [0.4, 0.5) is 14.7 Å². The molecule has 4 rings (SSSR count). The summed E-state index contributed by atoms with van der Waals surface area (Å²) in [5.41, 5.74) is 1.43. The Morgan fingerprint density at radius 1 is 1.29 bits per heavy atom. The van der Waals surface area contributed by atoms with E-state index in [0.717, 1.165) is 10.9 Å². The molecule has 4 N–H and O–H groups in total. The molecule has 1 saturated heterocycles. The van der Waals surface area contributed by atoms with Gasteiger partial charge in [0.2, 0.25) is 11.6 Å². The zero-order valence-electron chi connectivity index (χ0n) is 22.8. The molecular weight excluding hydrogens is 567 g/mol. The molecule has 0 bridgehead atoms. The minimum atomic E-state index is -4.21. The number of aromatic amines is 1. The molecule has 0 saturated carbocycles. The van der Waals surface area contributed by atoms with Gasteiger partial charge in [0.25, 0.3) is 5.56 Å². The van der Waals surface area contributed by atoms with Crippen molar-refractivity contribution in [1.82, 2.24) is 19.5 Å². The zero-order chi connectivity index (χ0) is 30.1. The molecular formula is C25H32F2N5O8P. The number of H-pyrrole nitrogens is 1. The van der Waals surface area contributed by atoms with Crippen LogP contribution in [0, 0.1) is 5.92 Å². The number of anilines is 1. The molecule has 0 radical (unpaired) electrons. The second-order valence-electron chi connectivity index (χ2n) is 10.1. The molecule has 1 aliphatic heterocycles. The maximum atomic E-state index is 16.1. The van der Waals surface area contributed by atoms with Crippen LogP contribution in [0.1, 0.15) is 33.9 Å². The molecule has 224 valence electrons. The number of hydrogen-bond donors (Lipinski definition) is 3. The number of halogens is 2. The Labute approximate surface area is 233 Å². The summed E-state index contributed by atoms with van der Waals surface area (Å²) >= 11 is 0. The third-order valence-electron chi connectivity index (χ3n) is 6.44. The summed E-state index contributed by atoms with van der Waals surface area (Å²) in [6, 6.07) is 8.02. The van der Waals surface area contributed by atoms with Gasteiger partial charge >= 0.3 is 13.6 Å². The lowest BCUT2D eigenvalue weighted by Crippen LogP contribution is -2.47. The number of esters is 1. The van der Waals surface area contributed by atoms with Crippen molar-refractivity contribution in [1.29, 1.82) is 0 Å². The van der Waals surface area contributed by atoms with Gasteiger partial charge in [-0.3, -0.25) is 23.7 Å². The number of nitrogen functional groups attached to an aromatic ring is 1. The van der Waals surface area contributed by atoms with Crippen LogP contribution in [-0.4, -0.2) is 73.5 Å². The lowest BCUT2D eigenvalue weighted by atomic mass is 9.95. The number of aliphatic hydroxyl groups is 1. The first-order valence-corrected chi connectivity index (χ1v) is 14.5. The van der Waals surface area contributed by atoms with Crippen molar-refractivity contribution < 1.29 is 41.8 Å². The average molecular weight is 600 g/mol. The first-order chi connectivity index (χ1) is 19.3. The van der Waals surface area contributed by atoms with E-state index < -0.39 is 74.2 Å². The number of ether oxygens (including phenoxy) is 2. The summed E-state index contributed by atoms with van der Waals surface area (Å²) < 4.78 is 67.7. The number of nitrogens with two attached hydrogens (primary N) is 1. The van der Waals surface area contributed by atoms with Gasteiger partial charge in [-0.25, -0.2) is 18.3 Å². The predicted octanol–water partition coefficient (Wildman–Crippen LogP) is 2.90. The quantitative estimate of drug-likeness (QED) is 0.218. The molecule has 1 fully saturated rings. The van der Waals surface area contributed by atoms with E-state index in [4.69, 9.17) is 24.3 Å². The third kappa shape index (κ3) is 6.27. The Balaban J connectivity index is 1.63. The van der Waals surface area contributed by atoms with E-state index in [1.54, 1.807) is 32.0 Å². The van der Waals surface area contributed by atoms with Gasteiger partial charge in [-0.1, -0.05) is 25.1 Å². The van der Waals surface area contributed by atoms with Crippen LogP contribution in [0.5, 0.6) is 5.75 Å². The number of aromatic nitrogens is 4. The van der Waals surface area contributed by atoms with Crippen LogP contribution in [0.2, 0.25) is 0 Å². The normalized spacial score (nSPS) is 25.6. The number of rotatable bonds is 11. The fourth-order valence-electron chi connectivity index (χ4n) is 4.49. The fourth-order valence-corrected chi connectivity index (χ4v) is 6.59. The van der Waals surface area contributed by atoms with Gasteiger partial charge in [-0.2, -0.15) is 4.98 Å². The van der Waals surface area contributed by atoms with Gasteiger partial charge in [0.1, 0.15) is 24.6 Å². The third-order valence-corrected chi connectivity index (χ3v) is 8.57. The van der Waals surface area contributed by atoms with E-state index in [2.05, 4.69) is 15.0 Å². The molecule has 0 spiro atoms. The average Bonchev–Trinajstić information content (AvgIpc) is 3.42. The number of fused-ring (bicyclic) bond motifs is 1. The molecule has 0 amide bonds. The number of imidazole rings is 1. The number of benzene rings is 1. The number of hydrogen-bond acceptors (Lipinski definition) is 11. The highest BCUT2D eigenvalue weighted by molar-refractivity contribution is 7.54. The van der Waals surface area contributed by atoms with Crippen LogP contribution in [0.25, 0.3) is 11.2 Å². The SMILES string of the molecule is CC(C)OC(=O)[C@H](C)C[P@](=O)(Oc1ccccc1)O[C@H](C)[C@H]1O[C@@H](n2cnc3c(=O)[nH]c(N)nc32)C(F)(CF)[C@H]1O. The topological polar surface area (TPSA) is 181 Å². The van der Waals surface area contributed by atoms with E-state index >= 15 is 4.39 Å². The van der Waals surface area contributed by atoms with Gasteiger partial charge in [0, 0.05) is 0 Å². The van der Waals surface area contributed by atoms with Gasteiger partial charge in [-0.15, -0.1) is 0 Å². The second kappa shape index (κ2) is 11.8. The second-order valence-corrected chi connectivity index (χ2v) is 12.1. The number of aliphatic hydroxyl groups excluding tert-OH is 1. The predicted molar refractivity (Wildman–Crippen MR) is 143 cm³/mol. The van der Waals surface area contributed by atoms with E-state index in [0.29, 0.717) is 0 Å². The van der Waals surface area contributed by atoms with Crippen molar-refractivity contribution in [3.63, 3.8) is 0 Å². The summed E-state index contributed by atoms with van der Waals surface area (Å²) in [4.78, 5) is 34.7. The van der Waals surface area contributed by atoms with Gasteiger partial charge in [0.15, 0.2) is 17.4 Å². The molecule has 1 aromatic carbocycles. The Kier molecular flexibility index (Phi) is 8.83. The monoisotopic (exact) mass is 599 g/mol. The molecule has 16 heteroatoms. The van der Waals surface area contributed by atoms with Crippen molar-refractivity contribution in [2.45, 2.75) is 64.0 Å². The summed E-state index contributed by atoms with van der Waals surface area (Å²) in [5.74, 6) is -1.70. The molecule has 2 aromatic heterocycles. The number of nitrogens with zero attached hydrogens (tertiary/aromatic N) is 3. The van der Waals surface area contributed by atoms with Gasteiger partial charge in [0.05, 0.1) is 30.6 Å². The smallest absolute Gasteiger partial charge is 0.380 e. The molecule has 7 atom stereocenters. The van der Waals surface area contributed by atoms with Crippen molar-refractivity contribution in [2.24, 2.45) is 5.92 Å². The zero-order valence-corrected chi connectivity index (χ0v) is 23.7. The van der Waals surface area contributed by atoms with Crippen molar-refractivity contribution in [3.05, 3.63) is 47.0 Å². The molecule has 13 nitrogen and oxygen atoms in total. The molecule has 3 aromatic rings. The Morgan fingerprint density at radius 2 is 1.98 bits per heavy atom. The number of carbonyl (C=O) groups excluding carboxylic acids is 1. The summed E-state index contributed by atoms with van der Waals surface area (Å²) in [6.45, 7) is 4.44. The highest BCUT2D eigenvalue weighted by Gasteiger charge is 2.61. The van der Waals surface area contributed by atoms with E-state index in [1.165, 1.54) is 26.0 Å². The number of para-hydroxylation sites is 1. The molecule has 0 aliphatic carbocycles. The maximum Gasteiger partial charge on any atom is 0.380 e. The van der Waals surface area contributed by atoms with Crippen molar-refractivity contribution >= 4 is 30.7 Å². The number of nitrogens with one attached hydrogen (secondary N) is 1. The lowest BCUT2D eigenvalue weighted by molar-refractivity contribution is -0.151. The van der Waals surface area contributed by atoms with Crippen LogP contribution in [0.3, 0.4) is 0 Å². The van der Waals surface area contributed by atoms with Gasteiger partial charge in [-0.05, 0) is 32.9 Å². The number of carbonyl (C=O) groups is 1. The summed E-state index contributed by atoms with van der Waals surface area (Å²) in [5, 5.41) is 10.9. The van der Waals surface area contributed by atoms with Crippen LogP contribution < -0.4 is 15.8 Å². The van der Waals surface area contributed by atoms with Crippen LogP contribution >= 0.6 is 7.60 Å². The van der Waals surface area contributed by atoms with E-state index in [-0.39, 0.29) is 22.9 Å². The van der Waals surface area contributed by atoms with Crippen molar-refractivity contribution in [2.75, 3.05) is 18.6 Å². The molecule has 1 aliphatic rings. The highest BCUT2D eigenvalue weighted by Crippen LogP contribution is 2.53. The Morgan fingerprint density at radius 3 is 2.61 bits per heavy atom. The Bertz CT molecular complexity index is 1490. The molecule has 3 heterocycles. The first kappa shape index (κ1) is 30.6. The lowest BCUT2D eigenvalue weighted by Gasteiger charge is -2.29. The minimum Gasteiger partial charge on any atom is -0.463 e. The molecule has 41 heavy (non-hydrogen) atoms. The Hall–Kier alpha value is -3.39.